The van der Waals surface area contributed by atoms with E-state index in [2.05, 4.69) is 0 Å². The summed E-state index contributed by atoms with van der Waals surface area (Å²) in [4.78, 5) is 14.8. The van der Waals surface area contributed by atoms with Gasteiger partial charge in [-0.15, -0.1) is 0 Å². The van der Waals surface area contributed by atoms with E-state index in [1.807, 2.05) is 38.1 Å². The number of benzene rings is 1. The number of aryl methyl sites for hydroxylation is 2. The Morgan fingerprint density at radius 3 is 2.65 bits per heavy atom. The number of carbonyl (C=O) groups excluding carboxylic acids is 1. The summed E-state index contributed by atoms with van der Waals surface area (Å²) in [6.45, 7) is 6.19. The number of aliphatic hydroxyl groups is 1. The van der Waals surface area contributed by atoms with E-state index in [1.54, 1.807) is 11.8 Å². The molecule has 0 bridgehead atoms. The van der Waals surface area contributed by atoms with Gasteiger partial charge in [-0.3, -0.25) is 4.79 Å². The molecular weight excluding hydrogens is 294 g/mol. The number of nitrogens with zero attached hydrogens (tertiary/aromatic N) is 1. The van der Waals surface area contributed by atoms with E-state index in [9.17, 15) is 9.90 Å². The highest BCUT2D eigenvalue weighted by atomic mass is 16.5. The average Bonchev–Trinajstić information content (AvgIpc) is 2.72. The molecule has 5 heteroatoms. The molecule has 0 saturated carbocycles. The second-order valence-electron chi connectivity index (χ2n) is 5.80. The SMILES string of the molecule is Cc1oc(C)c(C(=O)N2CCOc3ccccc3C2CO)c1C. The third kappa shape index (κ3) is 2.61. The molecule has 122 valence electrons. The van der Waals surface area contributed by atoms with Crippen molar-refractivity contribution in [3.63, 3.8) is 0 Å². The molecule has 1 N–H and O–H groups in total. The Morgan fingerprint density at radius 2 is 2.00 bits per heavy atom. The van der Waals surface area contributed by atoms with Gasteiger partial charge in [-0.1, -0.05) is 18.2 Å². The zero-order chi connectivity index (χ0) is 16.6. The molecule has 1 aromatic carbocycles. The number of furan rings is 1. The molecule has 0 radical (unpaired) electrons. The van der Waals surface area contributed by atoms with Crippen molar-refractivity contribution in [2.75, 3.05) is 19.8 Å². The van der Waals surface area contributed by atoms with Crippen LogP contribution < -0.4 is 4.74 Å². The molecule has 0 saturated heterocycles. The van der Waals surface area contributed by atoms with Crippen LogP contribution in [-0.4, -0.2) is 35.7 Å². The molecule has 5 nitrogen and oxygen atoms in total. The van der Waals surface area contributed by atoms with Crippen LogP contribution >= 0.6 is 0 Å². The number of hydrogen-bond donors (Lipinski definition) is 1. The molecule has 1 aliphatic heterocycles. The predicted octanol–water partition coefficient (Wildman–Crippen LogP) is 2.77. The minimum absolute atomic E-state index is 0.129. The number of ether oxygens (including phenoxy) is 1. The van der Waals surface area contributed by atoms with Gasteiger partial charge in [0.2, 0.25) is 0 Å². The maximum Gasteiger partial charge on any atom is 0.258 e. The number of fused-ring (bicyclic) bond motifs is 1. The summed E-state index contributed by atoms with van der Waals surface area (Å²) in [5.41, 5.74) is 2.26. The standard InChI is InChI=1S/C18H21NO4/c1-11-12(2)23-13(3)17(11)18(21)19-8-9-22-16-7-5-4-6-14(16)15(19)10-20/h4-7,15,20H,8-10H2,1-3H3. The maximum atomic E-state index is 13.1. The normalized spacial score (nSPS) is 17.4. The number of carbonyl (C=O) groups is 1. The average molecular weight is 315 g/mol. The van der Waals surface area contributed by atoms with Gasteiger partial charge in [0.25, 0.3) is 5.91 Å². The molecule has 1 atom stereocenters. The summed E-state index contributed by atoms with van der Waals surface area (Å²) in [7, 11) is 0. The van der Waals surface area contributed by atoms with E-state index in [0.717, 1.165) is 22.6 Å². The largest absolute Gasteiger partial charge is 0.491 e. The van der Waals surface area contributed by atoms with E-state index >= 15 is 0 Å². The van der Waals surface area contributed by atoms with Crippen molar-refractivity contribution < 1.29 is 19.1 Å². The second kappa shape index (κ2) is 6.08. The molecule has 23 heavy (non-hydrogen) atoms. The lowest BCUT2D eigenvalue weighted by Gasteiger charge is -2.28. The highest BCUT2D eigenvalue weighted by Gasteiger charge is 2.32. The van der Waals surface area contributed by atoms with E-state index in [4.69, 9.17) is 9.15 Å². The molecule has 0 fully saturated rings. The monoisotopic (exact) mass is 315 g/mol. The summed E-state index contributed by atoms with van der Waals surface area (Å²) in [6, 6.07) is 7.11. The van der Waals surface area contributed by atoms with Crippen LogP contribution in [0.4, 0.5) is 0 Å². The summed E-state index contributed by atoms with van der Waals surface area (Å²) >= 11 is 0. The van der Waals surface area contributed by atoms with E-state index < -0.39 is 6.04 Å². The van der Waals surface area contributed by atoms with Gasteiger partial charge in [0.05, 0.1) is 24.8 Å². The fourth-order valence-corrected chi connectivity index (χ4v) is 3.16. The van der Waals surface area contributed by atoms with Crippen LogP contribution in [0.1, 0.15) is 39.0 Å². The number of hydrogen-bond acceptors (Lipinski definition) is 4. The lowest BCUT2D eigenvalue weighted by molar-refractivity contribution is 0.0582. The molecule has 1 aliphatic rings. The topological polar surface area (TPSA) is 62.9 Å². The van der Waals surface area contributed by atoms with Crippen molar-refractivity contribution in [3.8, 4) is 5.75 Å². The number of para-hydroxylation sites is 1. The molecule has 1 amide bonds. The van der Waals surface area contributed by atoms with Crippen molar-refractivity contribution in [2.45, 2.75) is 26.8 Å². The Balaban J connectivity index is 2.03. The van der Waals surface area contributed by atoms with Gasteiger partial charge in [0, 0.05) is 11.1 Å². The highest BCUT2D eigenvalue weighted by Crippen LogP contribution is 2.33. The first-order chi connectivity index (χ1) is 11.0. The highest BCUT2D eigenvalue weighted by molar-refractivity contribution is 5.97. The second-order valence-corrected chi connectivity index (χ2v) is 5.80. The molecule has 0 spiro atoms. The van der Waals surface area contributed by atoms with Gasteiger partial charge in [0.1, 0.15) is 23.9 Å². The van der Waals surface area contributed by atoms with Crippen molar-refractivity contribution in [1.82, 2.24) is 4.90 Å². The van der Waals surface area contributed by atoms with Gasteiger partial charge in [-0.05, 0) is 26.8 Å². The minimum atomic E-state index is -0.421. The van der Waals surface area contributed by atoms with Crippen molar-refractivity contribution in [1.29, 1.82) is 0 Å². The third-order valence-corrected chi connectivity index (χ3v) is 4.45. The molecular formula is C18H21NO4. The first-order valence-electron chi connectivity index (χ1n) is 7.74. The van der Waals surface area contributed by atoms with Crippen LogP contribution in [0, 0.1) is 20.8 Å². The number of amides is 1. The fraction of sp³-hybridized carbons (Fsp3) is 0.389. The summed E-state index contributed by atoms with van der Waals surface area (Å²) < 4.78 is 11.3. The van der Waals surface area contributed by atoms with Crippen LogP contribution in [0.2, 0.25) is 0 Å². The smallest absolute Gasteiger partial charge is 0.258 e. The van der Waals surface area contributed by atoms with Crippen molar-refractivity contribution in [3.05, 3.63) is 52.5 Å². The van der Waals surface area contributed by atoms with Gasteiger partial charge < -0.3 is 19.2 Å². The number of rotatable bonds is 2. The van der Waals surface area contributed by atoms with Crippen LogP contribution in [-0.2, 0) is 0 Å². The van der Waals surface area contributed by atoms with Crippen LogP contribution in [0.15, 0.2) is 28.7 Å². The lowest BCUT2D eigenvalue weighted by Crippen LogP contribution is -2.38. The van der Waals surface area contributed by atoms with Crippen LogP contribution in [0.5, 0.6) is 5.75 Å². The van der Waals surface area contributed by atoms with Crippen LogP contribution in [0.25, 0.3) is 0 Å². The predicted molar refractivity (Wildman–Crippen MR) is 85.7 cm³/mol. The Morgan fingerprint density at radius 1 is 1.26 bits per heavy atom. The van der Waals surface area contributed by atoms with E-state index in [0.29, 0.717) is 24.5 Å². The Hall–Kier alpha value is -2.27. The molecule has 1 aromatic heterocycles. The van der Waals surface area contributed by atoms with Gasteiger partial charge >= 0.3 is 0 Å². The van der Waals surface area contributed by atoms with Crippen molar-refractivity contribution >= 4 is 5.91 Å². The van der Waals surface area contributed by atoms with Gasteiger partial charge in [-0.2, -0.15) is 0 Å². The Bertz CT molecular complexity index is 735. The van der Waals surface area contributed by atoms with Gasteiger partial charge in [0.15, 0.2) is 0 Å². The summed E-state index contributed by atoms with van der Waals surface area (Å²) in [6.07, 6.45) is 0. The first-order valence-corrected chi connectivity index (χ1v) is 7.74. The van der Waals surface area contributed by atoms with E-state index in [1.165, 1.54) is 0 Å². The Kier molecular flexibility index (Phi) is 4.13. The lowest BCUT2D eigenvalue weighted by atomic mass is 10.0. The fourth-order valence-electron chi connectivity index (χ4n) is 3.16. The third-order valence-electron chi connectivity index (χ3n) is 4.45. The first kappa shape index (κ1) is 15.6. The Labute approximate surface area is 135 Å². The molecule has 2 aromatic rings. The minimum Gasteiger partial charge on any atom is -0.491 e. The van der Waals surface area contributed by atoms with E-state index in [-0.39, 0.29) is 12.5 Å². The molecule has 2 heterocycles. The molecule has 0 aliphatic carbocycles. The number of aliphatic hydroxyl groups excluding tert-OH is 1. The zero-order valence-electron chi connectivity index (χ0n) is 13.6. The molecule has 1 unspecified atom stereocenters. The van der Waals surface area contributed by atoms with Gasteiger partial charge in [-0.25, -0.2) is 0 Å². The summed E-state index contributed by atoms with van der Waals surface area (Å²) in [5, 5.41) is 9.90. The van der Waals surface area contributed by atoms with Crippen LogP contribution in [0.3, 0.4) is 0 Å². The maximum absolute atomic E-state index is 13.1. The summed E-state index contributed by atoms with van der Waals surface area (Å²) in [5.74, 6) is 1.95. The zero-order valence-corrected chi connectivity index (χ0v) is 13.6. The van der Waals surface area contributed by atoms with Crippen molar-refractivity contribution in [2.24, 2.45) is 0 Å². The quantitative estimate of drug-likeness (QED) is 0.925. The molecule has 3 rings (SSSR count).